The summed E-state index contributed by atoms with van der Waals surface area (Å²) in [5.74, 6) is -1.28. The van der Waals surface area contributed by atoms with Crippen LogP contribution in [0.5, 0.6) is 5.75 Å². The fraction of sp³-hybridized carbons (Fsp3) is 0.188. The van der Waals surface area contributed by atoms with E-state index in [1.54, 1.807) is 0 Å². The van der Waals surface area contributed by atoms with Gasteiger partial charge in [0.2, 0.25) is 15.9 Å². The Labute approximate surface area is 156 Å². The summed E-state index contributed by atoms with van der Waals surface area (Å²) < 4.78 is 93.0. The average Bonchev–Trinajstić information content (AvgIpc) is 2.61. The minimum Gasteiger partial charge on any atom is -0.433 e. The van der Waals surface area contributed by atoms with Gasteiger partial charge in [-0.25, -0.2) is 13.1 Å². The highest BCUT2D eigenvalue weighted by Crippen LogP contribution is 2.30. The maximum absolute atomic E-state index is 12.7. The average molecular weight is 424 g/mol. The van der Waals surface area contributed by atoms with Crippen LogP contribution in [-0.2, 0) is 21.0 Å². The van der Waals surface area contributed by atoms with Crippen LogP contribution in [-0.4, -0.2) is 27.5 Å². The van der Waals surface area contributed by atoms with Crippen molar-refractivity contribution < 1.29 is 39.9 Å². The van der Waals surface area contributed by atoms with Crippen molar-refractivity contribution in [1.29, 1.82) is 0 Å². The minimum absolute atomic E-state index is 0.133. The number of anilines is 1. The summed E-state index contributed by atoms with van der Waals surface area (Å²) in [5, 5.41) is 2.17. The molecule has 0 atom stereocenters. The molecular weight excluding hydrogens is 411 g/mol. The first-order chi connectivity index (χ1) is 13.0. The van der Waals surface area contributed by atoms with Gasteiger partial charge in [-0.05, 0) is 30.3 Å². The molecule has 0 spiro atoms. The first-order valence-electron chi connectivity index (χ1n) is 7.49. The van der Waals surface area contributed by atoms with E-state index in [1.165, 1.54) is 18.2 Å². The summed E-state index contributed by atoms with van der Waals surface area (Å²) in [7, 11) is -4.42. The third kappa shape index (κ3) is 5.89. The van der Waals surface area contributed by atoms with E-state index in [0.717, 1.165) is 18.2 Å². The van der Waals surface area contributed by atoms with E-state index < -0.39 is 45.7 Å². The van der Waals surface area contributed by atoms with Crippen molar-refractivity contribution in [2.45, 2.75) is 17.7 Å². The molecule has 1 amide bonds. The summed E-state index contributed by atoms with van der Waals surface area (Å²) in [6.45, 7) is -3.99. The molecule has 152 valence electrons. The molecular formula is C16H13F5N2O4S. The molecule has 0 aromatic heterocycles. The number of carbonyl (C=O) groups excluding carboxylic acids is 1. The molecule has 2 aromatic rings. The van der Waals surface area contributed by atoms with Crippen LogP contribution in [0.15, 0.2) is 53.4 Å². The number of nitrogens with one attached hydrogen (secondary N) is 2. The van der Waals surface area contributed by atoms with E-state index in [1.807, 2.05) is 4.72 Å². The van der Waals surface area contributed by atoms with Gasteiger partial charge in [-0.2, -0.15) is 22.0 Å². The van der Waals surface area contributed by atoms with Gasteiger partial charge in [-0.3, -0.25) is 4.79 Å². The SMILES string of the molecule is O=C(CNS(=O)(=O)c1cccc(C(F)(F)F)c1)Nc1ccccc1OC(F)F. The molecule has 0 aliphatic carbocycles. The first-order valence-corrected chi connectivity index (χ1v) is 8.98. The standard InChI is InChI=1S/C16H13F5N2O4S/c17-15(18)27-13-7-2-1-6-12(13)23-14(24)9-22-28(25,26)11-5-3-4-10(8-11)16(19,20)21/h1-8,15,22H,9H2,(H,23,24). The highest BCUT2D eigenvalue weighted by atomic mass is 32.2. The summed E-state index contributed by atoms with van der Waals surface area (Å²) in [4.78, 5) is 11.2. The number of ether oxygens (including phenoxy) is 1. The van der Waals surface area contributed by atoms with Gasteiger partial charge in [0.15, 0.2) is 0 Å². The predicted molar refractivity (Wildman–Crippen MR) is 88.3 cm³/mol. The van der Waals surface area contributed by atoms with Crippen molar-refractivity contribution in [2.75, 3.05) is 11.9 Å². The zero-order valence-electron chi connectivity index (χ0n) is 13.8. The van der Waals surface area contributed by atoms with Crippen LogP contribution in [0.3, 0.4) is 0 Å². The van der Waals surface area contributed by atoms with Gasteiger partial charge in [-0.1, -0.05) is 18.2 Å². The van der Waals surface area contributed by atoms with Gasteiger partial charge in [0.05, 0.1) is 22.7 Å². The smallest absolute Gasteiger partial charge is 0.416 e. The largest absolute Gasteiger partial charge is 0.433 e. The van der Waals surface area contributed by atoms with Crippen LogP contribution in [0.25, 0.3) is 0 Å². The van der Waals surface area contributed by atoms with E-state index in [9.17, 15) is 35.2 Å². The van der Waals surface area contributed by atoms with E-state index >= 15 is 0 Å². The van der Waals surface area contributed by atoms with Crippen molar-refractivity contribution in [3.8, 4) is 5.75 Å². The van der Waals surface area contributed by atoms with E-state index in [4.69, 9.17) is 0 Å². The van der Waals surface area contributed by atoms with Crippen LogP contribution in [0.4, 0.5) is 27.6 Å². The zero-order chi connectivity index (χ0) is 20.9. The van der Waals surface area contributed by atoms with E-state index in [-0.39, 0.29) is 11.4 Å². The Hall–Kier alpha value is -2.73. The molecule has 0 aliphatic heterocycles. The van der Waals surface area contributed by atoms with Gasteiger partial charge < -0.3 is 10.1 Å². The van der Waals surface area contributed by atoms with Gasteiger partial charge in [0.25, 0.3) is 0 Å². The molecule has 0 unspecified atom stereocenters. The molecule has 2 N–H and O–H groups in total. The summed E-state index contributed by atoms with van der Waals surface area (Å²) in [6.07, 6.45) is -4.74. The molecule has 0 radical (unpaired) electrons. The van der Waals surface area contributed by atoms with Crippen molar-refractivity contribution >= 4 is 21.6 Å². The first kappa shape index (κ1) is 21.6. The Bertz CT molecular complexity index is 948. The van der Waals surface area contributed by atoms with E-state index in [2.05, 4.69) is 10.1 Å². The molecule has 28 heavy (non-hydrogen) atoms. The maximum Gasteiger partial charge on any atom is 0.416 e. The lowest BCUT2D eigenvalue weighted by molar-refractivity contribution is -0.137. The predicted octanol–water partition coefficient (Wildman–Crippen LogP) is 3.22. The highest BCUT2D eigenvalue weighted by molar-refractivity contribution is 7.89. The summed E-state index contributed by atoms with van der Waals surface area (Å²) in [5.41, 5.74) is -1.30. The quantitative estimate of drug-likeness (QED) is 0.669. The van der Waals surface area contributed by atoms with Gasteiger partial charge in [-0.15, -0.1) is 0 Å². The van der Waals surface area contributed by atoms with Crippen LogP contribution in [0.1, 0.15) is 5.56 Å². The second-order valence-electron chi connectivity index (χ2n) is 5.27. The van der Waals surface area contributed by atoms with E-state index in [0.29, 0.717) is 12.1 Å². The molecule has 0 bridgehead atoms. The van der Waals surface area contributed by atoms with Gasteiger partial charge in [0, 0.05) is 0 Å². The number of hydrogen-bond donors (Lipinski definition) is 2. The number of alkyl halides is 5. The third-order valence-corrected chi connectivity index (χ3v) is 4.67. The van der Waals surface area contributed by atoms with Crippen molar-refractivity contribution in [3.05, 3.63) is 54.1 Å². The fourth-order valence-electron chi connectivity index (χ4n) is 2.05. The van der Waals surface area contributed by atoms with Gasteiger partial charge in [0.1, 0.15) is 5.75 Å². The summed E-state index contributed by atoms with van der Waals surface area (Å²) in [6, 6.07) is 8.17. The summed E-state index contributed by atoms with van der Waals surface area (Å²) >= 11 is 0. The number of para-hydroxylation sites is 2. The molecule has 2 rings (SSSR count). The van der Waals surface area contributed by atoms with Crippen molar-refractivity contribution in [3.63, 3.8) is 0 Å². The molecule has 6 nitrogen and oxygen atoms in total. The minimum atomic E-state index is -4.74. The Kier molecular flexibility index (Phi) is 6.56. The van der Waals surface area contributed by atoms with Crippen LogP contribution >= 0.6 is 0 Å². The lowest BCUT2D eigenvalue weighted by Gasteiger charge is -2.12. The lowest BCUT2D eigenvalue weighted by atomic mass is 10.2. The molecule has 12 heteroatoms. The van der Waals surface area contributed by atoms with Crippen LogP contribution in [0, 0.1) is 0 Å². The third-order valence-electron chi connectivity index (χ3n) is 3.27. The van der Waals surface area contributed by atoms with Crippen molar-refractivity contribution in [1.82, 2.24) is 4.72 Å². The molecule has 2 aromatic carbocycles. The number of benzene rings is 2. The molecule has 0 saturated heterocycles. The lowest BCUT2D eigenvalue weighted by Crippen LogP contribution is -2.33. The Balaban J connectivity index is 2.07. The molecule has 0 saturated carbocycles. The van der Waals surface area contributed by atoms with Gasteiger partial charge >= 0.3 is 12.8 Å². The second-order valence-corrected chi connectivity index (χ2v) is 7.04. The van der Waals surface area contributed by atoms with Crippen molar-refractivity contribution in [2.24, 2.45) is 0 Å². The zero-order valence-corrected chi connectivity index (χ0v) is 14.7. The fourth-order valence-corrected chi connectivity index (χ4v) is 3.07. The number of halogens is 5. The number of hydrogen-bond acceptors (Lipinski definition) is 4. The number of carbonyl (C=O) groups is 1. The normalized spacial score (nSPS) is 12.1. The second kappa shape index (κ2) is 8.52. The Morgan fingerprint density at radius 2 is 1.75 bits per heavy atom. The molecule has 0 heterocycles. The topological polar surface area (TPSA) is 84.5 Å². The highest BCUT2D eigenvalue weighted by Gasteiger charge is 2.31. The maximum atomic E-state index is 12.7. The van der Waals surface area contributed by atoms with Crippen LogP contribution < -0.4 is 14.8 Å². The van der Waals surface area contributed by atoms with Crippen LogP contribution in [0.2, 0.25) is 0 Å². The molecule has 0 fully saturated rings. The number of rotatable bonds is 7. The Morgan fingerprint density at radius 1 is 1.07 bits per heavy atom. The number of amides is 1. The monoisotopic (exact) mass is 424 g/mol. The molecule has 0 aliphatic rings. The number of sulfonamides is 1. The Morgan fingerprint density at radius 3 is 2.39 bits per heavy atom.